The van der Waals surface area contributed by atoms with Gasteiger partial charge in [0, 0.05) is 0 Å². The van der Waals surface area contributed by atoms with Gasteiger partial charge in [0.05, 0.1) is 8.85 Å². The highest BCUT2D eigenvalue weighted by molar-refractivity contribution is 5.56. The lowest BCUT2D eigenvalue weighted by molar-refractivity contribution is 0.106. The van der Waals surface area contributed by atoms with Crippen LogP contribution in [0.3, 0.4) is 0 Å². The molecule has 1 aliphatic rings. The standard InChI is InChI=1S/C14H18O3/c1-14(2,3)13(15)7-5-10-4-6-11-12(8-10)17-9-16-11/h4-8,13,15H,9H2,1-3H3/b7-5+/i5D,7D. The van der Waals surface area contributed by atoms with Crippen molar-refractivity contribution in [1.29, 1.82) is 0 Å². The Balaban J connectivity index is 2.35. The molecule has 1 unspecified atom stereocenters. The van der Waals surface area contributed by atoms with E-state index in [1.54, 1.807) is 18.2 Å². The van der Waals surface area contributed by atoms with E-state index in [2.05, 4.69) is 0 Å². The van der Waals surface area contributed by atoms with Gasteiger partial charge in [-0.2, -0.15) is 0 Å². The van der Waals surface area contributed by atoms with Crippen molar-refractivity contribution in [2.75, 3.05) is 6.79 Å². The zero-order valence-corrected chi connectivity index (χ0v) is 10.3. The van der Waals surface area contributed by atoms with Gasteiger partial charge in [0.2, 0.25) is 6.79 Å². The molecular formula is C14H18O3. The summed E-state index contributed by atoms with van der Waals surface area (Å²) in [7, 11) is 0. The first-order valence-electron chi connectivity index (χ1n) is 6.56. The molecule has 2 rings (SSSR count). The predicted molar refractivity (Wildman–Crippen MR) is 67.1 cm³/mol. The van der Waals surface area contributed by atoms with Crippen LogP contribution in [0.5, 0.6) is 11.5 Å². The fourth-order valence-corrected chi connectivity index (χ4v) is 1.34. The molecule has 1 aliphatic heterocycles. The minimum Gasteiger partial charge on any atom is -0.454 e. The van der Waals surface area contributed by atoms with Crippen LogP contribution in [-0.2, 0) is 0 Å². The first-order valence-corrected chi connectivity index (χ1v) is 5.56. The normalized spacial score (nSPS) is 19.3. The summed E-state index contributed by atoms with van der Waals surface area (Å²) in [5, 5.41) is 10.1. The number of fused-ring (bicyclic) bond motifs is 1. The average molecular weight is 236 g/mol. The number of hydrogen-bond acceptors (Lipinski definition) is 3. The molecule has 1 atom stereocenters. The summed E-state index contributed by atoms with van der Waals surface area (Å²) in [6.07, 6.45) is -0.981. The topological polar surface area (TPSA) is 38.7 Å². The van der Waals surface area contributed by atoms with Gasteiger partial charge >= 0.3 is 0 Å². The van der Waals surface area contributed by atoms with E-state index in [0.717, 1.165) is 0 Å². The second-order valence-electron chi connectivity index (χ2n) is 5.11. The molecule has 0 saturated carbocycles. The molecule has 0 aliphatic carbocycles. The predicted octanol–water partition coefficient (Wildman–Crippen LogP) is 2.84. The Hall–Kier alpha value is -1.48. The van der Waals surface area contributed by atoms with Crippen molar-refractivity contribution in [2.24, 2.45) is 5.41 Å². The van der Waals surface area contributed by atoms with Gasteiger partial charge in [-0.15, -0.1) is 0 Å². The van der Waals surface area contributed by atoms with E-state index in [1.807, 2.05) is 20.8 Å². The van der Waals surface area contributed by atoms with Gasteiger partial charge < -0.3 is 14.6 Å². The molecule has 0 amide bonds. The largest absolute Gasteiger partial charge is 0.454 e. The summed E-state index contributed by atoms with van der Waals surface area (Å²) in [6.45, 7) is 5.67. The van der Waals surface area contributed by atoms with Crippen LogP contribution in [0, 0.1) is 5.41 Å². The molecule has 17 heavy (non-hydrogen) atoms. The molecule has 0 saturated heterocycles. The second-order valence-corrected chi connectivity index (χ2v) is 5.11. The highest BCUT2D eigenvalue weighted by atomic mass is 16.7. The maximum atomic E-state index is 10.1. The summed E-state index contributed by atoms with van der Waals surface area (Å²) < 4.78 is 26.4. The smallest absolute Gasteiger partial charge is 0.231 e. The zero-order valence-electron chi connectivity index (χ0n) is 12.3. The van der Waals surface area contributed by atoms with Gasteiger partial charge in [-0.05, 0) is 23.1 Å². The van der Waals surface area contributed by atoms with Gasteiger partial charge in [-0.3, -0.25) is 0 Å². The van der Waals surface area contributed by atoms with Crippen molar-refractivity contribution in [1.82, 2.24) is 0 Å². The second kappa shape index (κ2) is 4.41. The van der Waals surface area contributed by atoms with Crippen molar-refractivity contribution in [3.63, 3.8) is 0 Å². The Bertz CT molecular complexity index is 518. The molecule has 1 aromatic rings. The van der Waals surface area contributed by atoms with E-state index in [4.69, 9.17) is 12.2 Å². The molecule has 1 aromatic carbocycles. The van der Waals surface area contributed by atoms with E-state index in [0.29, 0.717) is 17.1 Å². The lowest BCUT2D eigenvalue weighted by atomic mass is 9.89. The highest BCUT2D eigenvalue weighted by Gasteiger charge is 2.19. The van der Waals surface area contributed by atoms with Gasteiger partial charge in [-0.25, -0.2) is 0 Å². The van der Waals surface area contributed by atoms with E-state index in [-0.39, 0.29) is 18.9 Å². The highest BCUT2D eigenvalue weighted by Crippen LogP contribution is 2.33. The SMILES string of the molecule is [2H]/C(=C(/[2H])C(O)C(C)(C)C)c1ccc2c(c1)OCO2. The summed E-state index contributed by atoms with van der Waals surface area (Å²) in [6, 6.07) is 4.98. The summed E-state index contributed by atoms with van der Waals surface area (Å²) >= 11 is 0. The van der Waals surface area contributed by atoms with Crippen molar-refractivity contribution >= 4 is 6.05 Å². The number of ether oxygens (including phenoxy) is 2. The zero-order chi connectivity index (χ0) is 14.2. The summed E-state index contributed by atoms with van der Waals surface area (Å²) in [5.41, 5.74) is 0.0669. The Morgan fingerprint density at radius 1 is 1.35 bits per heavy atom. The van der Waals surface area contributed by atoms with Crippen LogP contribution in [0.15, 0.2) is 24.3 Å². The lowest BCUT2D eigenvalue weighted by Crippen LogP contribution is -2.23. The monoisotopic (exact) mass is 236 g/mol. The minimum absolute atomic E-state index is 0.000671. The van der Waals surface area contributed by atoms with Crippen LogP contribution < -0.4 is 9.47 Å². The molecule has 0 bridgehead atoms. The first-order chi connectivity index (χ1) is 8.80. The number of aliphatic hydroxyl groups is 1. The molecule has 0 fully saturated rings. The first kappa shape index (κ1) is 9.54. The quantitative estimate of drug-likeness (QED) is 0.858. The summed E-state index contributed by atoms with van der Waals surface area (Å²) in [5.74, 6) is 1.21. The van der Waals surface area contributed by atoms with Crippen molar-refractivity contribution < 1.29 is 17.3 Å². The number of benzene rings is 1. The third-order valence-corrected chi connectivity index (χ3v) is 2.55. The number of hydrogen-bond donors (Lipinski definition) is 1. The van der Waals surface area contributed by atoms with E-state index >= 15 is 0 Å². The Kier molecular flexibility index (Phi) is 2.48. The van der Waals surface area contributed by atoms with Crippen molar-refractivity contribution in [3.8, 4) is 11.5 Å². The van der Waals surface area contributed by atoms with E-state index < -0.39 is 11.5 Å². The van der Waals surface area contributed by atoms with Crippen molar-refractivity contribution in [2.45, 2.75) is 26.9 Å². The lowest BCUT2D eigenvalue weighted by Gasteiger charge is -2.22. The Labute approximate surface area is 104 Å². The van der Waals surface area contributed by atoms with Crippen molar-refractivity contribution in [3.05, 3.63) is 29.8 Å². The minimum atomic E-state index is -0.981. The van der Waals surface area contributed by atoms with Crippen LogP contribution in [-0.4, -0.2) is 18.0 Å². The Morgan fingerprint density at radius 2 is 2.06 bits per heavy atom. The van der Waals surface area contributed by atoms with Gasteiger partial charge in [0.1, 0.15) is 0 Å². The fraction of sp³-hybridized carbons (Fsp3) is 0.429. The molecule has 0 radical (unpaired) electrons. The molecule has 3 nitrogen and oxygen atoms in total. The third kappa shape index (κ3) is 2.80. The van der Waals surface area contributed by atoms with Gasteiger partial charge in [-0.1, -0.05) is 38.9 Å². The van der Waals surface area contributed by atoms with E-state index in [1.165, 1.54) is 0 Å². The molecule has 92 valence electrons. The molecule has 1 heterocycles. The van der Waals surface area contributed by atoms with Crippen LogP contribution in [0.4, 0.5) is 0 Å². The number of aliphatic hydroxyl groups excluding tert-OH is 1. The fourth-order valence-electron chi connectivity index (χ4n) is 1.34. The molecular weight excluding hydrogens is 216 g/mol. The maximum Gasteiger partial charge on any atom is 0.231 e. The molecule has 0 spiro atoms. The average Bonchev–Trinajstić information content (AvgIpc) is 2.82. The third-order valence-electron chi connectivity index (χ3n) is 2.55. The summed E-state index contributed by atoms with van der Waals surface area (Å²) in [4.78, 5) is 0. The maximum absolute atomic E-state index is 10.1. The van der Waals surface area contributed by atoms with Crippen LogP contribution in [0.1, 0.15) is 29.1 Å². The molecule has 3 heteroatoms. The van der Waals surface area contributed by atoms with E-state index in [9.17, 15) is 5.11 Å². The van der Waals surface area contributed by atoms with Gasteiger partial charge in [0.15, 0.2) is 11.5 Å². The molecule has 0 aromatic heterocycles. The van der Waals surface area contributed by atoms with Crippen LogP contribution in [0.25, 0.3) is 6.05 Å². The Morgan fingerprint density at radius 3 is 2.76 bits per heavy atom. The van der Waals surface area contributed by atoms with Crippen LogP contribution in [0.2, 0.25) is 0 Å². The number of rotatable bonds is 2. The van der Waals surface area contributed by atoms with Gasteiger partial charge in [0.25, 0.3) is 0 Å². The molecule has 1 N–H and O–H groups in total. The van der Waals surface area contributed by atoms with Crippen LogP contribution >= 0.6 is 0 Å².